The lowest BCUT2D eigenvalue weighted by Crippen LogP contribution is -2.52. The van der Waals surface area contributed by atoms with E-state index in [9.17, 15) is 9.59 Å². The number of amides is 2. The minimum absolute atomic E-state index is 0.0266. The second kappa shape index (κ2) is 6.40. The molecule has 1 aliphatic heterocycles. The quantitative estimate of drug-likeness (QED) is 0.825. The number of nitrogens with zero attached hydrogens (tertiary/aromatic N) is 2. The first-order chi connectivity index (χ1) is 11.6. The molecule has 3 fully saturated rings. The van der Waals surface area contributed by atoms with Crippen LogP contribution in [0.3, 0.4) is 0 Å². The highest BCUT2D eigenvalue weighted by Gasteiger charge is 2.44. The molecule has 1 aromatic rings. The Labute approximate surface area is 147 Å². The molecule has 1 saturated heterocycles. The van der Waals surface area contributed by atoms with Crippen molar-refractivity contribution in [3.05, 3.63) is 34.9 Å². The average molecular weight is 347 g/mol. The summed E-state index contributed by atoms with van der Waals surface area (Å²) in [6.45, 7) is 2.56. The van der Waals surface area contributed by atoms with E-state index in [4.69, 9.17) is 11.6 Å². The Morgan fingerprint density at radius 2 is 1.58 bits per heavy atom. The maximum absolute atomic E-state index is 12.8. The topological polar surface area (TPSA) is 40.6 Å². The Kier molecular flexibility index (Phi) is 4.25. The van der Waals surface area contributed by atoms with E-state index < -0.39 is 0 Å². The average Bonchev–Trinajstić information content (AvgIpc) is 3.25. The van der Waals surface area contributed by atoms with Crippen molar-refractivity contribution >= 4 is 23.4 Å². The van der Waals surface area contributed by atoms with Crippen LogP contribution in [0.25, 0.3) is 0 Å². The molecule has 4 nitrogen and oxygen atoms in total. The highest BCUT2D eigenvalue weighted by Crippen LogP contribution is 2.48. The van der Waals surface area contributed by atoms with Crippen molar-refractivity contribution in [2.45, 2.75) is 25.7 Å². The minimum Gasteiger partial charge on any atom is -0.339 e. The number of hydrogen-bond donors (Lipinski definition) is 0. The van der Waals surface area contributed by atoms with Gasteiger partial charge in [-0.25, -0.2) is 0 Å². The SMILES string of the molecule is O=C(c1ccc(Cl)cc1)N1CCN(C(=O)C2CC3CCC2C3)CC1. The van der Waals surface area contributed by atoms with Crippen molar-refractivity contribution in [2.75, 3.05) is 26.2 Å². The molecule has 0 aromatic heterocycles. The van der Waals surface area contributed by atoms with Crippen molar-refractivity contribution in [3.63, 3.8) is 0 Å². The molecule has 24 heavy (non-hydrogen) atoms. The van der Waals surface area contributed by atoms with Gasteiger partial charge in [0, 0.05) is 42.7 Å². The van der Waals surface area contributed by atoms with E-state index in [0.717, 1.165) is 12.3 Å². The van der Waals surface area contributed by atoms with Crippen LogP contribution in [-0.2, 0) is 4.79 Å². The van der Waals surface area contributed by atoms with Gasteiger partial charge in [0.2, 0.25) is 5.91 Å². The number of piperazine rings is 1. The monoisotopic (exact) mass is 346 g/mol. The summed E-state index contributed by atoms with van der Waals surface area (Å²) in [7, 11) is 0. The van der Waals surface area contributed by atoms with Crippen LogP contribution in [0.2, 0.25) is 5.02 Å². The highest BCUT2D eigenvalue weighted by atomic mass is 35.5. The van der Waals surface area contributed by atoms with E-state index in [1.165, 1.54) is 19.3 Å². The van der Waals surface area contributed by atoms with Gasteiger partial charge in [0.05, 0.1) is 0 Å². The zero-order chi connectivity index (χ0) is 16.7. The molecule has 0 N–H and O–H groups in total. The van der Waals surface area contributed by atoms with Gasteiger partial charge in [-0.1, -0.05) is 18.0 Å². The molecular weight excluding hydrogens is 324 g/mol. The van der Waals surface area contributed by atoms with Gasteiger partial charge < -0.3 is 9.80 Å². The number of hydrogen-bond acceptors (Lipinski definition) is 2. The Morgan fingerprint density at radius 1 is 0.917 bits per heavy atom. The molecule has 2 saturated carbocycles. The van der Waals surface area contributed by atoms with Gasteiger partial charge >= 0.3 is 0 Å². The number of carbonyl (C=O) groups excluding carboxylic acids is 2. The molecule has 1 aromatic carbocycles. The molecule has 128 valence electrons. The van der Waals surface area contributed by atoms with Gasteiger partial charge in [-0.15, -0.1) is 0 Å². The standard InChI is InChI=1S/C19H23ClN2O2/c20-16-5-3-14(4-6-16)18(23)21-7-9-22(10-8-21)19(24)17-12-13-1-2-15(17)11-13/h3-6,13,15,17H,1-2,7-12H2. The third kappa shape index (κ3) is 2.92. The second-order valence-electron chi connectivity index (χ2n) is 7.41. The molecule has 0 spiro atoms. The van der Waals surface area contributed by atoms with Crippen LogP contribution in [0.5, 0.6) is 0 Å². The number of halogens is 1. The maximum Gasteiger partial charge on any atom is 0.253 e. The van der Waals surface area contributed by atoms with Crippen molar-refractivity contribution < 1.29 is 9.59 Å². The second-order valence-corrected chi connectivity index (χ2v) is 7.84. The fourth-order valence-corrected chi connectivity index (χ4v) is 4.81. The first-order valence-electron chi connectivity index (χ1n) is 8.95. The van der Waals surface area contributed by atoms with Crippen molar-refractivity contribution in [3.8, 4) is 0 Å². The molecular formula is C19H23ClN2O2. The first-order valence-corrected chi connectivity index (χ1v) is 9.33. The first kappa shape index (κ1) is 15.9. The predicted octanol–water partition coefficient (Wildman–Crippen LogP) is 3.06. The van der Waals surface area contributed by atoms with Gasteiger partial charge in [-0.2, -0.15) is 0 Å². The number of benzene rings is 1. The van der Waals surface area contributed by atoms with Crippen LogP contribution in [-0.4, -0.2) is 47.8 Å². The lowest BCUT2D eigenvalue weighted by Gasteiger charge is -2.37. The molecule has 0 radical (unpaired) electrons. The van der Waals surface area contributed by atoms with E-state index >= 15 is 0 Å². The van der Waals surface area contributed by atoms with E-state index in [2.05, 4.69) is 0 Å². The van der Waals surface area contributed by atoms with E-state index in [0.29, 0.717) is 48.6 Å². The molecule has 2 amide bonds. The third-order valence-electron chi connectivity index (χ3n) is 6.03. The number of fused-ring (bicyclic) bond motifs is 2. The third-order valence-corrected chi connectivity index (χ3v) is 6.28. The Hall–Kier alpha value is -1.55. The molecule has 5 heteroatoms. The van der Waals surface area contributed by atoms with Crippen LogP contribution in [0.1, 0.15) is 36.0 Å². The Bertz CT molecular complexity index is 637. The van der Waals surface area contributed by atoms with Gasteiger partial charge in [-0.3, -0.25) is 9.59 Å². The lowest BCUT2D eigenvalue weighted by molar-refractivity contribution is -0.138. The zero-order valence-corrected chi connectivity index (χ0v) is 14.5. The summed E-state index contributed by atoms with van der Waals surface area (Å²) in [6, 6.07) is 7.00. The molecule has 1 heterocycles. The Morgan fingerprint density at radius 3 is 2.17 bits per heavy atom. The molecule has 3 aliphatic rings. The van der Waals surface area contributed by atoms with Crippen molar-refractivity contribution in [2.24, 2.45) is 17.8 Å². The lowest BCUT2D eigenvalue weighted by atomic mass is 9.87. The predicted molar refractivity (Wildman–Crippen MR) is 92.9 cm³/mol. The maximum atomic E-state index is 12.8. The van der Waals surface area contributed by atoms with E-state index in [1.54, 1.807) is 24.3 Å². The highest BCUT2D eigenvalue weighted by molar-refractivity contribution is 6.30. The van der Waals surface area contributed by atoms with E-state index in [1.807, 2.05) is 9.80 Å². The Balaban J connectivity index is 1.34. The molecule has 3 unspecified atom stereocenters. The van der Waals surface area contributed by atoms with Gasteiger partial charge in [0.25, 0.3) is 5.91 Å². The number of carbonyl (C=O) groups is 2. The van der Waals surface area contributed by atoms with Gasteiger partial charge in [0.15, 0.2) is 0 Å². The summed E-state index contributed by atoms with van der Waals surface area (Å²) in [5.74, 6) is 2.02. The smallest absolute Gasteiger partial charge is 0.253 e. The van der Waals surface area contributed by atoms with Gasteiger partial charge in [-0.05, 0) is 55.4 Å². The molecule has 4 rings (SSSR count). The number of rotatable bonds is 2. The van der Waals surface area contributed by atoms with Crippen LogP contribution < -0.4 is 0 Å². The summed E-state index contributed by atoms with van der Waals surface area (Å²) >= 11 is 5.88. The van der Waals surface area contributed by atoms with Crippen LogP contribution in [0.15, 0.2) is 24.3 Å². The van der Waals surface area contributed by atoms with Gasteiger partial charge in [0.1, 0.15) is 0 Å². The summed E-state index contributed by atoms with van der Waals surface area (Å²) in [4.78, 5) is 29.1. The fraction of sp³-hybridized carbons (Fsp3) is 0.579. The summed E-state index contributed by atoms with van der Waals surface area (Å²) in [6.07, 6.45) is 4.90. The summed E-state index contributed by atoms with van der Waals surface area (Å²) < 4.78 is 0. The van der Waals surface area contributed by atoms with Crippen LogP contribution >= 0.6 is 11.6 Å². The van der Waals surface area contributed by atoms with Crippen molar-refractivity contribution in [1.29, 1.82) is 0 Å². The molecule has 2 bridgehead atoms. The zero-order valence-electron chi connectivity index (χ0n) is 13.8. The molecule has 2 aliphatic carbocycles. The summed E-state index contributed by atoms with van der Waals surface area (Å²) in [5.41, 5.74) is 0.660. The summed E-state index contributed by atoms with van der Waals surface area (Å²) in [5, 5.41) is 0.632. The normalized spacial score (nSPS) is 29.1. The minimum atomic E-state index is 0.0266. The largest absolute Gasteiger partial charge is 0.339 e. The van der Waals surface area contributed by atoms with E-state index in [-0.39, 0.29) is 11.8 Å². The fourth-order valence-electron chi connectivity index (χ4n) is 4.69. The van der Waals surface area contributed by atoms with Crippen LogP contribution in [0, 0.1) is 17.8 Å². The van der Waals surface area contributed by atoms with Crippen molar-refractivity contribution in [1.82, 2.24) is 9.80 Å². The molecule has 3 atom stereocenters. The van der Waals surface area contributed by atoms with Crippen LogP contribution in [0.4, 0.5) is 0 Å².